The molecule has 0 radical (unpaired) electrons. The van der Waals surface area contributed by atoms with Crippen LogP contribution >= 0.6 is 11.8 Å². The van der Waals surface area contributed by atoms with E-state index in [4.69, 9.17) is 4.74 Å². The highest BCUT2D eigenvalue weighted by molar-refractivity contribution is 7.99. The topological polar surface area (TPSA) is 52.8 Å². The lowest BCUT2D eigenvalue weighted by Gasteiger charge is -2.12. The first-order valence-corrected chi connectivity index (χ1v) is 8.74. The van der Waals surface area contributed by atoms with Crippen molar-refractivity contribution in [3.63, 3.8) is 0 Å². The average Bonchev–Trinajstić information content (AvgIpc) is 3.02. The number of methoxy groups -OCH3 is 1. The van der Waals surface area contributed by atoms with E-state index in [1.54, 1.807) is 31.3 Å². The van der Waals surface area contributed by atoms with Crippen molar-refractivity contribution in [1.82, 2.24) is 19.7 Å². The van der Waals surface area contributed by atoms with Crippen molar-refractivity contribution in [1.29, 1.82) is 0 Å². The van der Waals surface area contributed by atoms with Crippen molar-refractivity contribution in [2.45, 2.75) is 19.0 Å². The number of aromatic nitrogens is 4. The van der Waals surface area contributed by atoms with Crippen LogP contribution < -0.4 is 0 Å². The van der Waals surface area contributed by atoms with Crippen LogP contribution in [-0.4, -0.2) is 39.2 Å². The van der Waals surface area contributed by atoms with Gasteiger partial charge >= 0.3 is 0 Å². The molecule has 0 unspecified atom stereocenters. The fraction of sp³-hybridized carbons (Fsp3) is 0.278. The highest BCUT2D eigenvalue weighted by Gasteiger charge is 2.16. The highest BCUT2D eigenvalue weighted by atomic mass is 32.2. The van der Waals surface area contributed by atoms with E-state index in [0.29, 0.717) is 6.61 Å². The van der Waals surface area contributed by atoms with Gasteiger partial charge in [0.05, 0.1) is 12.3 Å². The second kappa shape index (κ2) is 7.59. The Balaban J connectivity index is 2.08. The van der Waals surface area contributed by atoms with E-state index in [2.05, 4.69) is 51.8 Å². The van der Waals surface area contributed by atoms with Crippen molar-refractivity contribution in [2.75, 3.05) is 19.5 Å². The maximum atomic E-state index is 5.15. The predicted molar refractivity (Wildman–Crippen MR) is 96.7 cm³/mol. The Morgan fingerprint density at radius 2 is 1.83 bits per heavy atom. The molecular weight excluding hydrogens is 320 g/mol. The van der Waals surface area contributed by atoms with Gasteiger partial charge in [-0.25, -0.2) is 0 Å². The zero-order chi connectivity index (χ0) is 16.9. The molecule has 0 aliphatic carbocycles. The smallest absolute Gasteiger partial charge is 0.196 e. The first kappa shape index (κ1) is 16.7. The summed E-state index contributed by atoms with van der Waals surface area (Å²) in [6.45, 7) is 4.91. The molecule has 0 aliphatic heterocycles. The number of nitrogens with zero attached hydrogens (tertiary/aromatic N) is 4. The van der Waals surface area contributed by atoms with Crippen molar-refractivity contribution < 1.29 is 4.74 Å². The number of pyridine rings is 1. The molecule has 2 heterocycles. The lowest BCUT2D eigenvalue weighted by atomic mass is 10.1. The first-order chi connectivity index (χ1) is 11.7. The molecule has 2 aromatic heterocycles. The van der Waals surface area contributed by atoms with Crippen LogP contribution in [0.3, 0.4) is 0 Å². The molecule has 3 aromatic rings. The molecule has 0 atom stereocenters. The summed E-state index contributed by atoms with van der Waals surface area (Å²) < 4.78 is 7.25. The van der Waals surface area contributed by atoms with E-state index < -0.39 is 0 Å². The van der Waals surface area contributed by atoms with Crippen LogP contribution in [0.25, 0.3) is 17.1 Å². The van der Waals surface area contributed by atoms with Crippen LogP contribution in [0, 0.1) is 13.8 Å². The van der Waals surface area contributed by atoms with Crippen molar-refractivity contribution >= 4 is 11.8 Å². The van der Waals surface area contributed by atoms with E-state index in [1.807, 2.05) is 12.1 Å². The third kappa shape index (κ3) is 3.49. The molecule has 5 nitrogen and oxygen atoms in total. The van der Waals surface area contributed by atoms with E-state index in [-0.39, 0.29) is 0 Å². The van der Waals surface area contributed by atoms with E-state index in [9.17, 15) is 0 Å². The van der Waals surface area contributed by atoms with Crippen LogP contribution in [0.1, 0.15) is 11.1 Å². The maximum Gasteiger partial charge on any atom is 0.196 e. The van der Waals surface area contributed by atoms with Crippen LogP contribution in [0.4, 0.5) is 0 Å². The Bertz CT molecular complexity index is 817. The third-order valence-corrected chi connectivity index (χ3v) is 4.73. The van der Waals surface area contributed by atoms with Crippen molar-refractivity contribution in [3.05, 3.63) is 53.9 Å². The van der Waals surface area contributed by atoms with E-state index >= 15 is 0 Å². The van der Waals surface area contributed by atoms with Crippen LogP contribution in [0.2, 0.25) is 0 Å². The minimum atomic E-state index is 0.676. The largest absolute Gasteiger partial charge is 0.384 e. The number of hydrogen-bond acceptors (Lipinski definition) is 5. The molecule has 124 valence electrons. The summed E-state index contributed by atoms with van der Waals surface area (Å²) in [5.74, 6) is 1.65. The normalized spacial score (nSPS) is 11.0. The summed E-state index contributed by atoms with van der Waals surface area (Å²) >= 11 is 1.64. The minimum absolute atomic E-state index is 0.676. The monoisotopic (exact) mass is 340 g/mol. The lowest BCUT2D eigenvalue weighted by Crippen LogP contribution is -2.02. The zero-order valence-corrected chi connectivity index (χ0v) is 14.9. The van der Waals surface area contributed by atoms with Crippen LogP contribution in [0.5, 0.6) is 0 Å². The van der Waals surface area contributed by atoms with Gasteiger partial charge in [0, 0.05) is 30.8 Å². The second-order valence-corrected chi connectivity index (χ2v) is 6.55. The maximum absolute atomic E-state index is 5.15. The Morgan fingerprint density at radius 1 is 1.04 bits per heavy atom. The molecular formula is C18H20N4OS. The van der Waals surface area contributed by atoms with Gasteiger partial charge in [-0.3, -0.25) is 9.55 Å². The van der Waals surface area contributed by atoms with Gasteiger partial charge in [-0.2, -0.15) is 0 Å². The molecule has 0 N–H and O–H groups in total. The summed E-state index contributed by atoms with van der Waals surface area (Å²) in [6, 6.07) is 10.3. The third-order valence-electron chi connectivity index (χ3n) is 3.84. The van der Waals surface area contributed by atoms with Crippen molar-refractivity contribution in [3.8, 4) is 17.1 Å². The highest BCUT2D eigenvalue weighted by Crippen LogP contribution is 2.28. The van der Waals surface area contributed by atoms with Gasteiger partial charge < -0.3 is 4.74 Å². The molecule has 6 heteroatoms. The van der Waals surface area contributed by atoms with Gasteiger partial charge in [0.15, 0.2) is 11.0 Å². The molecule has 0 fully saturated rings. The minimum Gasteiger partial charge on any atom is -0.384 e. The van der Waals surface area contributed by atoms with Crippen LogP contribution in [-0.2, 0) is 4.74 Å². The summed E-state index contributed by atoms with van der Waals surface area (Å²) in [5, 5.41) is 9.67. The number of rotatable bonds is 6. The molecule has 1 aromatic carbocycles. The van der Waals surface area contributed by atoms with Gasteiger partial charge in [-0.05, 0) is 49.2 Å². The number of benzene rings is 1. The molecule has 0 saturated heterocycles. The van der Waals surface area contributed by atoms with Gasteiger partial charge in [-0.15, -0.1) is 10.2 Å². The van der Waals surface area contributed by atoms with Crippen LogP contribution in [0.15, 0.2) is 47.9 Å². The molecule has 0 bridgehead atoms. The first-order valence-electron chi connectivity index (χ1n) is 7.76. The number of thioether (sulfide) groups is 1. The van der Waals surface area contributed by atoms with Gasteiger partial charge in [0.2, 0.25) is 0 Å². The summed E-state index contributed by atoms with van der Waals surface area (Å²) in [4.78, 5) is 4.09. The Kier molecular flexibility index (Phi) is 5.27. The molecule has 24 heavy (non-hydrogen) atoms. The molecule has 0 spiro atoms. The number of ether oxygens (including phenoxy) is 1. The molecule has 0 aliphatic rings. The Morgan fingerprint density at radius 3 is 2.54 bits per heavy atom. The molecule has 0 saturated carbocycles. The van der Waals surface area contributed by atoms with E-state index in [0.717, 1.165) is 28.0 Å². The number of hydrogen-bond donors (Lipinski definition) is 0. The fourth-order valence-electron chi connectivity index (χ4n) is 2.37. The standard InChI is InChI=1S/C18H20N4OS/c1-13-4-5-16(12-14(13)2)22-17(15-6-8-19-9-7-15)20-21-18(22)24-11-10-23-3/h4-9,12H,10-11H2,1-3H3. The van der Waals surface area contributed by atoms with E-state index in [1.165, 1.54) is 11.1 Å². The summed E-state index contributed by atoms with van der Waals surface area (Å²) in [5.41, 5.74) is 4.57. The SMILES string of the molecule is COCCSc1nnc(-c2ccncc2)n1-c1ccc(C)c(C)c1. The van der Waals surface area contributed by atoms with Gasteiger partial charge in [0.25, 0.3) is 0 Å². The average molecular weight is 340 g/mol. The lowest BCUT2D eigenvalue weighted by molar-refractivity contribution is 0.218. The second-order valence-electron chi connectivity index (χ2n) is 5.49. The zero-order valence-electron chi connectivity index (χ0n) is 14.1. The number of aryl methyl sites for hydroxylation is 2. The molecule has 0 amide bonds. The van der Waals surface area contributed by atoms with Gasteiger partial charge in [0.1, 0.15) is 0 Å². The fourth-order valence-corrected chi connectivity index (χ4v) is 3.22. The molecule has 3 rings (SSSR count). The summed E-state index contributed by atoms with van der Waals surface area (Å²) in [7, 11) is 1.71. The van der Waals surface area contributed by atoms with Gasteiger partial charge in [-0.1, -0.05) is 17.8 Å². The Labute approximate surface area is 146 Å². The van der Waals surface area contributed by atoms with Crippen molar-refractivity contribution in [2.24, 2.45) is 0 Å². The quantitative estimate of drug-likeness (QED) is 0.506. The predicted octanol–water partition coefficient (Wildman–Crippen LogP) is 3.68. The summed E-state index contributed by atoms with van der Waals surface area (Å²) in [6.07, 6.45) is 3.54. The Hall–Kier alpha value is -2.18.